The molecule has 3 aromatic rings. The molecule has 1 heterocycles. The van der Waals surface area contributed by atoms with Gasteiger partial charge in [0.15, 0.2) is 11.5 Å². The molecule has 5 nitrogen and oxygen atoms in total. The summed E-state index contributed by atoms with van der Waals surface area (Å²) in [5.74, 6) is 0.928. The molecule has 0 spiro atoms. The molecule has 0 N–H and O–H groups in total. The van der Waals surface area contributed by atoms with Gasteiger partial charge in [-0.3, -0.25) is 14.5 Å². The van der Waals surface area contributed by atoms with Gasteiger partial charge in [0.25, 0.3) is 11.1 Å². The van der Waals surface area contributed by atoms with Crippen LogP contribution in [0.2, 0.25) is 0 Å². The lowest BCUT2D eigenvalue weighted by Crippen LogP contribution is -2.27. The molecule has 0 aliphatic carbocycles. The summed E-state index contributed by atoms with van der Waals surface area (Å²) in [5, 5.41) is -0.276. The minimum atomic E-state index is -0.296. The summed E-state index contributed by atoms with van der Waals surface area (Å²) in [5.41, 5.74) is 3.91. The standard InChI is InChI=1S/C27H24BrNO4S/c1-3-32-24-14-20(9-12-23(24)33-17-21-6-4-5-18(2)13-21)15-25-26(30)29(27(31)34-25)16-19-7-10-22(28)11-8-19/h4-15H,3,16-17H2,1-2H3/b25-15-. The van der Waals surface area contributed by atoms with Gasteiger partial charge in [-0.15, -0.1) is 0 Å². The van der Waals surface area contributed by atoms with Crippen molar-refractivity contribution in [2.24, 2.45) is 0 Å². The lowest BCUT2D eigenvalue weighted by Gasteiger charge is -2.13. The molecule has 1 aliphatic rings. The third kappa shape index (κ3) is 5.90. The van der Waals surface area contributed by atoms with Gasteiger partial charge in [0.2, 0.25) is 0 Å². The quantitative estimate of drug-likeness (QED) is 0.290. The zero-order valence-corrected chi connectivity index (χ0v) is 21.3. The van der Waals surface area contributed by atoms with Crippen LogP contribution in [-0.2, 0) is 17.9 Å². The van der Waals surface area contributed by atoms with Crippen molar-refractivity contribution in [3.63, 3.8) is 0 Å². The number of rotatable bonds is 8. The van der Waals surface area contributed by atoms with Crippen LogP contribution in [0, 0.1) is 6.92 Å². The van der Waals surface area contributed by atoms with Gasteiger partial charge in [0, 0.05) is 4.47 Å². The number of hydrogen-bond donors (Lipinski definition) is 0. The predicted molar refractivity (Wildman–Crippen MR) is 139 cm³/mol. The topological polar surface area (TPSA) is 55.8 Å². The first-order valence-corrected chi connectivity index (χ1v) is 12.5. The highest BCUT2D eigenvalue weighted by molar-refractivity contribution is 9.10. The zero-order chi connectivity index (χ0) is 24.1. The average Bonchev–Trinajstić information content (AvgIpc) is 3.07. The zero-order valence-electron chi connectivity index (χ0n) is 18.9. The molecule has 3 aromatic carbocycles. The van der Waals surface area contributed by atoms with Crippen molar-refractivity contribution in [3.05, 3.63) is 98.4 Å². The first-order chi connectivity index (χ1) is 16.4. The Balaban J connectivity index is 1.50. The smallest absolute Gasteiger partial charge is 0.293 e. The van der Waals surface area contributed by atoms with Gasteiger partial charge in [-0.05, 0) is 72.6 Å². The maximum Gasteiger partial charge on any atom is 0.293 e. The van der Waals surface area contributed by atoms with E-state index in [1.165, 1.54) is 10.5 Å². The van der Waals surface area contributed by atoms with E-state index in [1.807, 2.05) is 74.5 Å². The second-order valence-electron chi connectivity index (χ2n) is 7.81. The molecule has 174 valence electrons. The molecule has 1 fully saturated rings. The van der Waals surface area contributed by atoms with E-state index in [9.17, 15) is 9.59 Å². The largest absolute Gasteiger partial charge is 0.490 e. The predicted octanol–water partition coefficient (Wildman–Crippen LogP) is 6.97. The lowest BCUT2D eigenvalue weighted by atomic mass is 10.1. The van der Waals surface area contributed by atoms with Crippen LogP contribution in [0.1, 0.15) is 29.2 Å². The Bertz CT molecular complexity index is 1240. The number of benzene rings is 3. The van der Waals surface area contributed by atoms with Crippen molar-refractivity contribution in [2.45, 2.75) is 27.0 Å². The fraction of sp³-hybridized carbons (Fsp3) is 0.185. The Morgan fingerprint density at radius 2 is 1.74 bits per heavy atom. The van der Waals surface area contributed by atoms with E-state index in [0.29, 0.717) is 29.6 Å². The Kier molecular flexibility index (Phi) is 7.75. The number of amides is 2. The Morgan fingerprint density at radius 1 is 0.941 bits per heavy atom. The summed E-state index contributed by atoms with van der Waals surface area (Å²) in [4.78, 5) is 27.1. The Labute approximate surface area is 211 Å². The second kappa shape index (κ2) is 10.9. The highest BCUT2D eigenvalue weighted by Crippen LogP contribution is 2.35. The number of carbonyl (C=O) groups is 2. The first kappa shape index (κ1) is 24.1. The van der Waals surface area contributed by atoms with Gasteiger partial charge in [-0.1, -0.05) is 64.0 Å². The highest BCUT2D eigenvalue weighted by Gasteiger charge is 2.35. The molecule has 7 heteroatoms. The van der Waals surface area contributed by atoms with Crippen molar-refractivity contribution < 1.29 is 19.1 Å². The fourth-order valence-electron chi connectivity index (χ4n) is 3.53. The third-order valence-electron chi connectivity index (χ3n) is 5.17. The van der Waals surface area contributed by atoms with E-state index in [2.05, 4.69) is 22.0 Å². The van der Waals surface area contributed by atoms with Crippen LogP contribution < -0.4 is 9.47 Å². The molecule has 0 saturated carbocycles. The van der Waals surface area contributed by atoms with Gasteiger partial charge >= 0.3 is 0 Å². The van der Waals surface area contributed by atoms with E-state index in [1.54, 1.807) is 6.08 Å². The number of carbonyl (C=O) groups excluding carboxylic acids is 2. The van der Waals surface area contributed by atoms with Crippen LogP contribution >= 0.6 is 27.7 Å². The van der Waals surface area contributed by atoms with Crippen LogP contribution in [0.5, 0.6) is 11.5 Å². The van der Waals surface area contributed by atoms with E-state index < -0.39 is 0 Å². The number of hydrogen-bond acceptors (Lipinski definition) is 5. The summed E-state index contributed by atoms with van der Waals surface area (Å²) < 4.78 is 12.7. The number of thioether (sulfide) groups is 1. The van der Waals surface area contributed by atoms with Crippen LogP contribution in [0.3, 0.4) is 0 Å². The molecule has 1 aliphatic heterocycles. The van der Waals surface area contributed by atoms with Crippen molar-refractivity contribution in [2.75, 3.05) is 6.61 Å². The maximum absolute atomic E-state index is 12.9. The maximum atomic E-state index is 12.9. The average molecular weight is 538 g/mol. The molecular formula is C27H24BrNO4S. The Hall–Kier alpha value is -3.03. The molecule has 0 atom stereocenters. The molecule has 0 radical (unpaired) electrons. The highest BCUT2D eigenvalue weighted by atomic mass is 79.9. The van der Waals surface area contributed by atoms with Gasteiger partial charge in [0.05, 0.1) is 18.1 Å². The van der Waals surface area contributed by atoms with Crippen LogP contribution in [0.15, 0.2) is 76.1 Å². The number of aryl methyl sites for hydroxylation is 1. The summed E-state index contributed by atoms with van der Waals surface area (Å²) >= 11 is 4.34. The second-order valence-corrected chi connectivity index (χ2v) is 9.72. The SMILES string of the molecule is CCOc1cc(/C=C2\SC(=O)N(Cc3ccc(Br)cc3)C2=O)ccc1OCc1cccc(C)c1. The molecule has 4 rings (SSSR count). The number of imide groups is 1. The molecular weight excluding hydrogens is 514 g/mol. The fourth-order valence-corrected chi connectivity index (χ4v) is 4.63. The van der Waals surface area contributed by atoms with Crippen molar-refractivity contribution in [3.8, 4) is 11.5 Å². The van der Waals surface area contributed by atoms with Gasteiger partial charge in [-0.2, -0.15) is 0 Å². The van der Waals surface area contributed by atoms with E-state index in [-0.39, 0.29) is 17.7 Å². The number of ether oxygens (including phenoxy) is 2. The van der Waals surface area contributed by atoms with Crippen molar-refractivity contribution in [1.29, 1.82) is 0 Å². The first-order valence-electron chi connectivity index (χ1n) is 10.9. The molecule has 0 aromatic heterocycles. The third-order valence-corrected chi connectivity index (χ3v) is 6.61. The van der Waals surface area contributed by atoms with Gasteiger partial charge in [0.1, 0.15) is 6.61 Å². The van der Waals surface area contributed by atoms with Crippen LogP contribution in [0.25, 0.3) is 6.08 Å². The number of halogens is 1. The summed E-state index contributed by atoms with van der Waals surface area (Å²) in [6.45, 7) is 5.10. The van der Waals surface area contributed by atoms with Gasteiger partial charge < -0.3 is 9.47 Å². The Morgan fingerprint density at radius 3 is 2.47 bits per heavy atom. The summed E-state index contributed by atoms with van der Waals surface area (Å²) in [7, 11) is 0. The lowest BCUT2D eigenvalue weighted by molar-refractivity contribution is -0.123. The van der Waals surface area contributed by atoms with Gasteiger partial charge in [-0.25, -0.2) is 0 Å². The van der Waals surface area contributed by atoms with E-state index >= 15 is 0 Å². The summed E-state index contributed by atoms with van der Waals surface area (Å²) in [6.07, 6.45) is 1.72. The van der Waals surface area contributed by atoms with E-state index in [0.717, 1.165) is 32.9 Å². The van der Waals surface area contributed by atoms with Crippen molar-refractivity contribution >= 4 is 44.9 Å². The molecule has 34 heavy (non-hydrogen) atoms. The normalized spacial score (nSPS) is 14.7. The van der Waals surface area contributed by atoms with Crippen LogP contribution in [0.4, 0.5) is 4.79 Å². The monoisotopic (exact) mass is 537 g/mol. The molecule has 0 bridgehead atoms. The molecule has 2 amide bonds. The number of nitrogens with zero attached hydrogens (tertiary/aromatic N) is 1. The minimum absolute atomic E-state index is 0.241. The van der Waals surface area contributed by atoms with Crippen LogP contribution in [-0.4, -0.2) is 22.7 Å². The molecule has 0 unspecified atom stereocenters. The molecule has 1 saturated heterocycles. The summed E-state index contributed by atoms with van der Waals surface area (Å²) in [6, 6.07) is 21.2. The minimum Gasteiger partial charge on any atom is -0.490 e. The van der Waals surface area contributed by atoms with E-state index in [4.69, 9.17) is 9.47 Å². The van der Waals surface area contributed by atoms with Crippen molar-refractivity contribution in [1.82, 2.24) is 4.90 Å².